The summed E-state index contributed by atoms with van der Waals surface area (Å²) in [6.07, 6.45) is 6.17. The van der Waals surface area contributed by atoms with Gasteiger partial charge in [-0.25, -0.2) is 4.79 Å². The molecule has 1 aliphatic carbocycles. The summed E-state index contributed by atoms with van der Waals surface area (Å²) in [5.41, 5.74) is 0. The van der Waals surface area contributed by atoms with Crippen molar-refractivity contribution in [3.8, 4) is 0 Å². The molecule has 3 rings (SSSR count). The molecule has 0 saturated heterocycles. The number of amides is 3. The van der Waals surface area contributed by atoms with Crippen LogP contribution in [0.1, 0.15) is 36.3 Å². The van der Waals surface area contributed by atoms with Crippen LogP contribution in [0.15, 0.2) is 40.3 Å². The number of hydrogen-bond acceptors (Lipinski definition) is 5. The molecule has 2 aromatic heterocycles. The monoisotopic (exact) mass is 361 g/mol. The first-order valence-corrected chi connectivity index (χ1v) is 9.45. The van der Waals surface area contributed by atoms with Crippen LogP contribution >= 0.6 is 11.3 Å². The van der Waals surface area contributed by atoms with E-state index in [2.05, 4.69) is 15.5 Å². The van der Waals surface area contributed by atoms with E-state index in [1.54, 1.807) is 17.6 Å². The zero-order valence-electron chi connectivity index (χ0n) is 14.1. The van der Waals surface area contributed by atoms with Crippen LogP contribution in [0.3, 0.4) is 0 Å². The van der Waals surface area contributed by atoms with E-state index in [-0.39, 0.29) is 12.5 Å². The lowest BCUT2D eigenvalue weighted by atomic mass is 10.2. The van der Waals surface area contributed by atoms with Crippen molar-refractivity contribution >= 4 is 23.3 Å². The minimum atomic E-state index is -0.456. The lowest BCUT2D eigenvalue weighted by molar-refractivity contribution is -0.121. The van der Waals surface area contributed by atoms with Gasteiger partial charge in [0.2, 0.25) is 5.91 Å². The summed E-state index contributed by atoms with van der Waals surface area (Å²) in [5.74, 6) is 0.545. The van der Waals surface area contributed by atoms with Crippen LogP contribution in [0.25, 0.3) is 0 Å². The molecule has 0 aromatic carbocycles. The Morgan fingerprint density at radius 2 is 2.08 bits per heavy atom. The molecule has 6 nitrogen and oxygen atoms in total. The van der Waals surface area contributed by atoms with Gasteiger partial charge in [-0.15, -0.1) is 11.3 Å². The van der Waals surface area contributed by atoms with Gasteiger partial charge in [-0.3, -0.25) is 15.0 Å². The van der Waals surface area contributed by atoms with E-state index < -0.39 is 6.03 Å². The molecule has 7 heteroatoms. The molecule has 3 amide bonds. The number of imide groups is 1. The Balaban J connectivity index is 1.49. The fourth-order valence-electron chi connectivity index (χ4n) is 3.16. The molecule has 0 bridgehead atoms. The van der Waals surface area contributed by atoms with Gasteiger partial charge in [0.1, 0.15) is 5.76 Å². The predicted octanol–water partition coefficient (Wildman–Crippen LogP) is 3.11. The molecule has 1 aliphatic rings. The quantitative estimate of drug-likeness (QED) is 0.795. The van der Waals surface area contributed by atoms with Crippen LogP contribution in [0.5, 0.6) is 0 Å². The molecule has 1 saturated carbocycles. The van der Waals surface area contributed by atoms with Crippen LogP contribution in [0.2, 0.25) is 0 Å². The molecule has 2 N–H and O–H groups in total. The Morgan fingerprint density at radius 3 is 2.76 bits per heavy atom. The fourth-order valence-corrected chi connectivity index (χ4v) is 3.81. The summed E-state index contributed by atoms with van der Waals surface area (Å²) < 4.78 is 5.41. The highest BCUT2D eigenvalue weighted by Crippen LogP contribution is 2.24. The summed E-state index contributed by atoms with van der Waals surface area (Å²) in [5, 5.41) is 7.08. The molecule has 0 aliphatic heterocycles. The highest BCUT2D eigenvalue weighted by atomic mass is 32.1. The Morgan fingerprint density at radius 1 is 1.24 bits per heavy atom. The van der Waals surface area contributed by atoms with Gasteiger partial charge in [-0.2, -0.15) is 0 Å². The van der Waals surface area contributed by atoms with Crippen molar-refractivity contribution in [3.63, 3.8) is 0 Å². The Labute approximate surface area is 151 Å². The second kappa shape index (κ2) is 8.82. The maximum atomic E-state index is 12.3. The first kappa shape index (κ1) is 17.7. The van der Waals surface area contributed by atoms with Gasteiger partial charge in [0, 0.05) is 10.9 Å². The van der Waals surface area contributed by atoms with Crippen molar-refractivity contribution in [2.45, 2.75) is 44.8 Å². The van der Waals surface area contributed by atoms with Crippen LogP contribution < -0.4 is 10.6 Å². The molecule has 2 heterocycles. The predicted molar refractivity (Wildman–Crippen MR) is 96.1 cm³/mol. The summed E-state index contributed by atoms with van der Waals surface area (Å²) in [7, 11) is 0. The lowest BCUT2D eigenvalue weighted by Gasteiger charge is -2.27. The van der Waals surface area contributed by atoms with Gasteiger partial charge in [0.25, 0.3) is 0 Å². The Kier molecular flexibility index (Phi) is 6.25. The average Bonchev–Trinajstić information content (AvgIpc) is 3.33. The summed E-state index contributed by atoms with van der Waals surface area (Å²) >= 11 is 1.57. The highest BCUT2D eigenvalue weighted by molar-refractivity contribution is 7.09. The zero-order chi connectivity index (χ0) is 17.5. The lowest BCUT2D eigenvalue weighted by Crippen LogP contribution is -2.46. The van der Waals surface area contributed by atoms with Crippen molar-refractivity contribution < 1.29 is 14.0 Å². The minimum Gasteiger partial charge on any atom is -0.468 e. The third kappa shape index (κ3) is 5.44. The molecule has 0 atom stereocenters. The number of thiophene rings is 1. The largest absolute Gasteiger partial charge is 0.468 e. The van der Waals surface area contributed by atoms with Crippen LogP contribution in [-0.4, -0.2) is 29.4 Å². The number of carbonyl (C=O) groups excluding carboxylic acids is 2. The third-order valence-electron chi connectivity index (χ3n) is 4.38. The topological polar surface area (TPSA) is 74.6 Å². The van der Waals surface area contributed by atoms with Gasteiger partial charge in [-0.1, -0.05) is 18.9 Å². The van der Waals surface area contributed by atoms with Crippen LogP contribution in [-0.2, 0) is 17.9 Å². The fraction of sp³-hybridized carbons (Fsp3) is 0.444. The van der Waals surface area contributed by atoms with Crippen molar-refractivity contribution in [2.75, 3.05) is 6.54 Å². The number of furan rings is 1. The standard InChI is InChI=1S/C18H23N3O3S/c22-17(20-18(23)19-11-16-8-4-10-25-16)13-21(14-5-1-2-6-14)12-15-7-3-9-24-15/h3-4,7-10,14H,1-2,5-6,11-13H2,(H2,19,20,22,23). The van der Waals surface area contributed by atoms with Crippen LogP contribution in [0.4, 0.5) is 4.79 Å². The second-order valence-electron chi connectivity index (χ2n) is 6.23. The van der Waals surface area contributed by atoms with Gasteiger partial charge in [0.15, 0.2) is 0 Å². The highest BCUT2D eigenvalue weighted by Gasteiger charge is 2.25. The van der Waals surface area contributed by atoms with Gasteiger partial charge >= 0.3 is 6.03 Å². The van der Waals surface area contributed by atoms with E-state index in [1.807, 2.05) is 29.6 Å². The Hall–Kier alpha value is -2.12. The molecule has 25 heavy (non-hydrogen) atoms. The number of nitrogens with one attached hydrogen (secondary N) is 2. The maximum Gasteiger partial charge on any atom is 0.321 e. The number of hydrogen-bond donors (Lipinski definition) is 2. The number of urea groups is 1. The molecule has 0 unspecified atom stereocenters. The summed E-state index contributed by atoms with van der Waals surface area (Å²) in [6, 6.07) is 7.54. The third-order valence-corrected chi connectivity index (χ3v) is 5.26. The van der Waals surface area contributed by atoms with E-state index in [4.69, 9.17) is 4.42 Å². The Bertz CT molecular complexity index is 664. The first-order chi connectivity index (χ1) is 12.2. The molecule has 0 spiro atoms. The smallest absolute Gasteiger partial charge is 0.321 e. The first-order valence-electron chi connectivity index (χ1n) is 8.57. The van der Waals surface area contributed by atoms with E-state index in [0.717, 1.165) is 23.5 Å². The van der Waals surface area contributed by atoms with Gasteiger partial charge in [0.05, 0.1) is 25.9 Å². The van der Waals surface area contributed by atoms with E-state index in [9.17, 15) is 9.59 Å². The molecular weight excluding hydrogens is 338 g/mol. The number of rotatable bonds is 7. The van der Waals surface area contributed by atoms with Crippen LogP contribution in [0, 0.1) is 0 Å². The van der Waals surface area contributed by atoms with Gasteiger partial charge < -0.3 is 9.73 Å². The van der Waals surface area contributed by atoms with Crippen molar-refractivity contribution in [1.29, 1.82) is 0 Å². The van der Waals surface area contributed by atoms with E-state index in [0.29, 0.717) is 19.1 Å². The van der Waals surface area contributed by atoms with Crippen molar-refractivity contribution in [1.82, 2.24) is 15.5 Å². The van der Waals surface area contributed by atoms with E-state index >= 15 is 0 Å². The van der Waals surface area contributed by atoms with Gasteiger partial charge in [-0.05, 0) is 36.4 Å². The second-order valence-corrected chi connectivity index (χ2v) is 7.27. The minimum absolute atomic E-state index is 0.192. The zero-order valence-corrected chi connectivity index (χ0v) is 14.9. The summed E-state index contributed by atoms with van der Waals surface area (Å²) in [4.78, 5) is 27.3. The molecule has 2 aromatic rings. The molecular formula is C18H23N3O3S. The maximum absolute atomic E-state index is 12.3. The SMILES string of the molecule is O=C(CN(Cc1ccco1)C1CCCC1)NC(=O)NCc1cccs1. The van der Waals surface area contributed by atoms with E-state index in [1.165, 1.54) is 12.8 Å². The molecule has 1 fully saturated rings. The van der Waals surface area contributed by atoms with Crippen molar-refractivity contribution in [3.05, 3.63) is 46.5 Å². The normalized spacial score (nSPS) is 14.8. The number of nitrogens with zero attached hydrogens (tertiary/aromatic N) is 1. The van der Waals surface area contributed by atoms with Crippen molar-refractivity contribution in [2.24, 2.45) is 0 Å². The summed E-state index contributed by atoms with van der Waals surface area (Å²) in [6.45, 7) is 1.20. The molecule has 134 valence electrons. The number of carbonyl (C=O) groups is 2. The average molecular weight is 361 g/mol. The molecule has 0 radical (unpaired) electrons.